The largest absolute Gasteiger partial charge is 0.508 e. The van der Waals surface area contributed by atoms with E-state index >= 15 is 0 Å². The van der Waals surface area contributed by atoms with E-state index in [4.69, 9.17) is 5.73 Å². The molecule has 3 nitrogen and oxygen atoms in total. The van der Waals surface area contributed by atoms with Crippen LogP contribution in [0, 0.1) is 0 Å². The highest BCUT2D eigenvalue weighted by Gasteiger charge is 2.02. The summed E-state index contributed by atoms with van der Waals surface area (Å²) in [6.45, 7) is 1.84. The number of hydrogen-bond acceptors (Lipinski definition) is 3. The molecule has 1 rings (SSSR count). The molecule has 0 bridgehead atoms. The average Bonchev–Trinajstić information content (AvgIpc) is 2.08. The highest BCUT2D eigenvalue weighted by atomic mass is 16.3. The summed E-state index contributed by atoms with van der Waals surface area (Å²) in [6.07, 6.45) is 0. The van der Waals surface area contributed by atoms with E-state index in [9.17, 15) is 5.11 Å². The normalized spacial score (nSPS) is 11.3. The van der Waals surface area contributed by atoms with Crippen molar-refractivity contribution in [1.29, 1.82) is 0 Å². The highest BCUT2D eigenvalue weighted by Crippen LogP contribution is 2.20. The fraction of sp³-hybridized carbons (Fsp3) is 0.333. The first kappa shape index (κ1) is 10.9. The van der Waals surface area contributed by atoms with Crippen molar-refractivity contribution < 1.29 is 5.11 Å². The topological polar surface area (TPSA) is 72.3 Å². The van der Waals surface area contributed by atoms with Crippen molar-refractivity contribution in [2.45, 2.75) is 13.0 Å². The second-order valence-electron chi connectivity index (χ2n) is 2.35. The predicted molar refractivity (Wildman–Crippen MR) is 50.8 cm³/mol. The van der Waals surface area contributed by atoms with E-state index < -0.39 is 0 Å². The Balaban J connectivity index is 0.000000561. The zero-order chi connectivity index (χ0) is 9.56. The molecule has 1 unspecified atom stereocenters. The number of nitrogens with two attached hydrogens (primary N) is 2. The Labute approximate surface area is 73.0 Å². The van der Waals surface area contributed by atoms with Crippen LogP contribution in [0.3, 0.4) is 0 Å². The first-order chi connectivity index (χ1) is 5.72. The van der Waals surface area contributed by atoms with Crippen LogP contribution < -0.4 is 11.5 Å². The third-order valence-corrected chi connectivity index (χ3v) is 1.43. The molecule has 0 amide bonds. The number of phenols is 1. The molecular weight excluding hydrogens is 152 g/mol. The van der Waals surface area contributed by atoms with E-state index in [1.54, 1.807) is 12.1 Å². The van der Waals surface area contributed by atoms with Crippen molar-refractivity contribution >= 4 is 0 Å². The number of aromatic hydroxyl groups is 1. The van der Waals surface area contributed by atoms with E-state index in [1.165, 1.54) is 7.05 Å². The van der Waals surface area contributed by atoms with Crippen LogP contribution in [-0.2, 0) is 0 Å². The molecule has 0 radical (unpaired) electrons. The molecule has 0 fully saturated rings. The predicted octanol–water partition coefficient (Wildman–Crippen LogP) is 0.987. The Morgan fingerprint density at radius 3 is 2.08 bits per heavy atom. The maximum atomic E-state index is 9.20. The van der Waals surface area contributed by atoms with Crippen molar-refractivity contribution in [1.82, 2.24) is 0 Å². The Morgan fingerprint density at radius 2 is 1.75 bits per heavy atom. The van der Waals surface area contributed by atoms with Crippen LogP contribution >= 0.6 is 0 Å². The van der Waals surface area contributed by atoms with Gasteiger partial charge in [0, 0.05) is 11.6 Å². The quantitative estimate of drug-likeness (QED) is 0.585. The summed E-state index contributed by atoms with van der Waals surface area (Å²) in [5.41, 5.74) is 10.8. The van der Waals surface area contributed by atoms with Gasteiger partial charge in [0.2, 0.25) is 0 Å². The van der Waals surface area contributed by atoms with Gasteiger partial charge in [-0.2, -0.15) is 0 Å². The molecular formula is C9H16N2O. The second kappa shape index (κ2) is 5.57. The molecule has 1 atom stereocenters. The smallest absolute Gasteiger partial charge is 0.120 e. The molecule has 12 heavy (non-hydrogen) atoms. The fourth-order valence-electron chi connectivity index (χ4n) is 0.873. The van der Waals surface area contributed by atoms with Crippen LogP contribution in [0.2, 0.25) is 0 Å². The molecule has 1 aromatic rings. The van der Waals surface area contributed by atoms with Gasteiger partial charge in [-0.3, -0.25) is 0 Å². The summed E-state index contributed by atoms with van der Waals surface area (Å²) in [5, 5.41) is 9.20. The first-order valence-electron chi connectivity index (χ1n) is 3.83. The van der Waals surface area contributed by atoms with Gasteiger partial charge >= 0.3 is 0 Å². The second-order valence-corrected chi connectivity index (χ2v) is 2.35. The van der Waals surface area contributed by atoms with Gasteiger partial charge < -0.3 is 16.6 Å². The Kier molecular flexibility index (Phi) is 5.08. The van der Waals surface area contributed by atoms with Gasteiger partial charge in [-0.15, -0.1) is 0 Å². The summed E-state index contributed by atoms with van der Waals surface area (Å²) in [5.74, 6) is 0.275. The van der Waals surface area contributed by atoms with Gasteiger partial charge in [0.15, 0.2) is 0 Å². The lowest BCUT2D eigenvalue weighted by Crippen LogP contribution is -2.04. The standard InChI is InChI=1S/C8H11NO.CH5N/c1-6(9)7-4-2-3-5-8(7)10;1-2/h2-6,10H,9H2,1H3;2H2,1H3. The van der Waals surface area contributed by atoms with Gasteiger partial charge in [-0.05, 0) is 20.0 Å². The van der Waals surface area contributed by atoms with Crippen LogP contribution in [-0.4, -0.2) is 12.2 Å². The monoisotopic (exact) mass is 168 g/mol. The highest BCUT2D eigenvalue weighted by molar-refractivity contribution is 5.33. The zero-order valence-corrected chi connectivity index (χ0v) is 7.49. The average molecular weight is 168 g/mol. The van der Waals surface area contributed by atoms with Gasteiger partial charge in [0.05, 0.1) is 0 Å². The van der Waals surface area contributed by atoms with E-state index in [2.05, 4.69) is 5.73 Å². The third-order valence-electron chi connectivity index (χ3n) is 1.43. The maximum Gasteiger partial charge on any atom is 0.120 e. The minimum Gasteiger partial charge on any atom is -0.508 e. The third kappa shape index (κ3) is 2.90. The van der Waals surface area contributed by atoms with E-state index in [-0.39, 0.29) is 11.8 Å². The fourth-order valence-corrected chi connectivity index (χ4v) is 0.873. The van der Waals surface area contributed by atoms with Gasteiger partial charge in [-0.1, -0.05) is 18.2 Å². The lowest BCUT2D eigenvalue weighted by Gasteiger charge is -2.06. The van der Waals surface area contributed by atoms with E-state index in [0.717, 1.165) is 5.56 Å². The van der Waals surface area contributed by atoms with E-state index in [1.807, 2.05) is 19.1 Å². The molecule has 0 saturated carbocycles. The molecule has 0 aliphatic heterocycles. The van der Waals surface area contributed by atoms with Crippen LogP contribution in [0.25, 0.3) is 0 Å². The summed E-state index contributed by atoms with van der Waals surface area (Å²) in [6, 6.07) is 7.00. The van der Waals surface area contributed by atoms with Gasteiger partial charge in [0.25, 0.3) is 0 Å². The summed E-state index contributed by atoms with van der Waals surface area (Å²) < 4.78 is 0. The van der Waals surface area contributed by atoms with Crippen LogP contribution in [0.5, 0.6) is 5.75 Å². The molecule has 0 aliphatic rings. The number of rotatable bonds is 1. The molecule has 1 aromatic carbocycles. The van der Waals surface area contributed by atoms with Gasteiger partial charge in [-0.25, -0.2) is 0 Å². The van der Waals surface area contributed by atoms with Crippen molar-refractivity contribution in [3.8, 4) is 5.75 Å². The Bertz CT molecular complexity index is 224. The zero-order valence-electron chi connectivity index (χ0n) is 7.49. The van der Waals surface area contributed by atoms with Gasteiger partial charge in [0.1, 0.15) is 5.75 Å². The summed E-state index contributed by atoms with van der Waals surface area (Å²) in [7, 11) is 1.50. The molecule has 3 heteroatoms. The molecule has 0 aromatic heterocycles. The molecule has 68 valence electrons. The minimum absolute atomic E-state index is 0.0961. The Hall–Kier alpha value is -1.06. The van der Waals surface area contributed by atoms with Crippen molar-refractivity contribution in [2.75, 3.05) is 7.05 Å². The molecule has 5 N–H and O–H groups in total. The minimum atomic E-state index is -0.0961. The first-order valence-corrected chi connectivity index (χ1v) is 3.83. The number of phenolic OH excluding ortho intramolecular Hbond substituents is 1. The van der Waals surface area contributed by atoms with Crippen molar-refractivity contribution in [3.05, 3.63) is 29.8 Å². The SMILES string of the molecule is CC(N)c1ccccc1O.CN. The lowest BCUT2D eigenvalue weighted by molar-refractivity contribution is 0.464. The van der Waals surface area contributed by atoms with E-state index in [0.29, 0.717) is 0 Å². The van der Waals surface area contributed by atoms with Crippen molar-refractivity contribution in [2.24, 2.45) is 11.5 Å². The molecule has 0 heterocycles. The Morgan fingerprint density at radius 1 is 1.25 bits per heavy atom. The summed E-state index contributed by atoms with van der Waals surface area (Å²) >= 11 is 0. The maximum absolute atomic E-state index is 9.20. The van der Waals surface area contributed by atoms with Crippen LogP contribution in [0.1, 0.15) is 18.5 Å². The molecule has 0 saturated heterocycles. The van der Waals surface area contributed by atoms with Crippen LogP contribution in [0.15, 0.2) is 24.3 Å². The molecule has 0 aliphatic carbocycles. The lowest BCUT2D eigenvalue weighted by atomic mass is 10.1. The number of para-hydroxylation sites is 1. The van der Waals surface area contributed by atoms with Crippen molar-refractivity contribution in [3.63, 3.8) is 0 Å². The summed E-state index contributed by atoms with van der Waals surface area (Å²) in [4.78, 5) is 0. The van der Waals surface area contributed by atoms with Crippen LogP contribution in [0.4, 0.5) is 0 Å². The number of hydrogen-bond donors (Lipinski definition) is 3. The number of benzene rings is 1. The molecule has 0 spiro atoms.